The van der Waals surface area contributed by atoms with Crippen LogP contribution in [0.2, 0.25) is 0 Å². The Morgan fingerprint density at radius 2 is 1.26 bits per heavy atom. The number of esters is 3. The van der Waals surface area contributed by atoms with Crippen LogP contribution in [0.25, 0.3) is 0 Å². The SMILES string of the molecule is O=C(OC[C@H]1O[C@@H](C2(O)CC=NO2)[C@H](OC(=O)c2ccccc2)[C@@H]1OC(=O)c1ccccc1)c1ccccc1. The van der Waals surface area contributed by atoms with Crippen LogP contribution < -0.4 is 0 Å². The molecule has 0 radical (unpaired) electrons. The summed E-state index contributed by atoms with van der Waals surface area (Å²) in [5.41, 5.74) is 0.787. The second-order valence-electron chi connectivity index (χ2n) is 8.96. The molecule has 10 nitrogen and oxygen atoms in total. The molecule has 1 unspecified atom stereocenters. The van der Waals surface area contributed by atoms with Gasteiger partial charge < -0.3 is 28.9 Å². The molecule has 2 aliphatic rings. The number of rotatable bonds is 8. The van der Waals surface area contributed by atoms with Crippen LogP contribution in [0, 0.1) is 0 Å². The van der Waals surface area contributed by atoms with Gasteiger partial charge in [-0.1, -0.05) is 59.8 Å². The second-order valence-corrected chi connectivity index (χ2v) is 8.96. The van der Waals surface area contributed by atoms with Crippen LogP contribution in [0.4, 0.5) is 0 Å². The van der Waals surface area contributed by atoms with Crippen molar-refractivity contribution < 1.29 is 43.3 Å². The van der Waals surface area contributed by atoms with Gasteiger partial charge in [-0.15, -0.1) is 0 Å². The maximum Gasteiger partial charge on any atom is 0.338 e. The molecule has 2 heterocycles. The second kappa shape index (κ2) is 11.5. The van der Waals surface area contributed by atoms with Crippen molar-refractivity contribution in [1.29, 1.82) is 0 Å². The van der Waals surface area contributed by atoms with Crippen molar-refractivity contribution >= 4 is 24.1 Å². The molecule has 5 rings (SSSR count). The average Bonchev–Trinajstić information content (AvgIpc) is 3.57. The van der Waals surface area contributed by atoms with Gasteiger partial charge in [0.2, 0.25) is 0 Å². The molecule has 0 aliphatic carbocycles. The third-order valence-electron chi connectivity index (χ3n) is 6.32. The zero-order valence-electron chi connectivity index (χ0n) is 20.6. The molecule has 0 spiro atoms. The van der Waals surface area contributed by atoms with Crippen LogP contribution in [0.1, 0.15) is 37.5 Å². The van der Waals surface area contributed by atoms with Gasteiger partial charge in [-0.05, 0) is 36.4 Å². The minimum absolute atomic E-state index is 0.0765. The molecule has 1 fully saturated rings. The Bertz CT molecular complexity index is 1320. The van der Waals surface area contributed by atoms with E-state index in [1.165, 1.54) is 6.21 Å². The Hall–Kier alpha value is -4.54. The Morgan fingerprint density at radius 1 is 0.769 bits per heavy atom. The van der Waals surface area contributed by atoms with Crippen LogP contribution in [0.5, 0.6) is 0 Å². The van der Waals surface area contributed by atoms with E-state index >= 15 is 0 Å². The molecule has 0 bridgehead atoms. The lowest BCUT2D eigenvalue weighted by Gasteiger charge is -2.30. The first-order valence-electron chi connectivity index (χ1n) is 12.3. The first-order chi connectivity index (χ1) is 18.9. The highest BCUT2D eigenvalue weighted by atomic mass is 16.8. The normalized spacial score (nSPS) is 25.5. The smallest absolute Gasteiger partial charge is 0.338 e. The highest BCUT2D eigenvalue weighted by Crippen LogP contribution is 2.38. The number of carbonyl (C=O) groups is 3. The quantitative estimate of drug-likeness (QED) is 0.344. The van der Waals surface area contributed by atoms with Crippen molar-refractivity contribution in [2.24, 2.45) is 5.16 Å². The van der Waals surface area contributed by atoms with Crippen molar-refractivity contribution in [2.75, 3.05) is 6.61 Å². The van der Waals surface area contributed by atoms with Gasteiger partial charge in [-0.25, -0.2) is 14.4 Å². The van der Waals surface area contributed by atoms with Crippen molar-refractivity contribution in [1.82, 2.24) is 0 Å². The highest BCUT2D eigenvalue weighted by Gasteiger charge is 2.60. The van der Waals surface area contributed by atoms with Gasteiger partial charge in [0, 0.05) is 0 Å². The molecule has 2 aliphatic heterocycles. The van der Waals surface area contributed by atoms with Crippen LogP contribution in [-0.2, 0) is 23.8 Å². The van der Waals surface area contributed by atoms with E-state index in [0.29, 0.717) is 5.56 Å². The summed E-state index contributed by atoms with van der Waals surface area (Å²) in [6.45, 7) is -0.368. The van der Waals surface area contributed by atoms with E-state index in [-0.39, 0.29) is 24.2 Å². The van der Waals surface area contributed by atoms with Crippen molar-refractivity contribution in [3.8, 4) is 0 Å². The van der Waals surface area contributed by atoms with E-state index in [1.54, 1.807) is 91.0 Å². The number of oxime groups is 1. The molecule has 0 amide bonds. The molecule has 3 aromatic rings. The topological polar surface area (TPSA) is 130 Å². The van der Waals surface area contributed by atoms with Gasteiger partial charge in [-0.2, -0.15) is 0 Å². The standard InChI is InChI=1S/C29H25NO9/c31-26(19-10-4-1-5-11-19)35-18-22-23(37-27(32)20-12-6-2-7-13-20)24(25(36-22)29(34)16-17-30-39-29)38-28(33)21-14-8-3-9-15-21/h1-15,17,22-25,34H,16,18H2/t22-,23-,24-,25-,29?/m1/s1. The van der Waals surface area contributed by atoms with Crippen LogP contribution in [0.15, 0.2) is 96.2 Å². The summed E-state index contributed by atoms with van der Waals surface area (Å²) in [7, 11) is 0. The molecule has 0 saturated carbocycles. The Morgan fingerprint density at radius 3 is 1.74 bits per heavy atom. The van der Waals surface area contributed by atoms with E-state index in [9.17, 15) is 19.5 Å². The number of nitrogens with zero attached hydrogens (tertiary/aromatic N) is 1. The lowest BCUT2D eigenvalue weighted by atomic mass is 9.98. The number of aliphatic hydroxyl groups is 1. The predicted octanol–water partition coefficient (Wildman–Crippen LogP) is 3.16. The number of hydrogen-bond donors (Lipinski definition) is 1. The van der Waals surface area contributed by atoms with Gasteiger partial charge in [0.05, 0.1) is 29.3 Å². The summed E-state index contributed by atoms with van der Waals surface area (Å²) < 4.78 is 23.1. The maximum absolute atomic E-state index is 13.1. The number of ether oxygens (including phenoxy) is 4. The summed E-state index contributed by atoms with van der Waals surface area (Å²) in [4.78, 5) is 44.0. The molecule has 200 valence electrons. The zero-order valence-corrected chi connectivity index (χ0v) is 20.6. The monoisotopic (exact) mass is 531 g/mol. The Labute approximate surface area is 223 Å². The minimum atomic E-state index is -2.02. The molecule has 10 heteroatoms. The molecular formula is C29H25NO9. The van der Waals surface area contributed by atoms with E-state index in [0.717, 1.165) is 0 Å². The largest absolute Gasteiger partial charge is 0.459 e. The summed E-state index contributed by atoms with van der Waals surface area (Å²) in [5.74, 6) is -4.11. The Kier molecular flexibility index (Phi) is 7.67. The van der Waals surface area contributed by atoms with Crippen LogP contribution in [0.3, 0.4) is 0 Å². The van der Waals surface area contributed by atoms with Gasteiger partial charge in [0.15, 0.2) is 18.3 Å². The molecule has 1 saturated heterocycles. The van der Waals surface area contributed by atoms with Crippen LogP contribution in [-0.4, -0.2) is 66.0 Å². The maximum atomic E-state index is 13.1. The Balaban J connectivity index is 1.44. The zero-order chi connectivity index (χ0) is 27.2. The first-order valence-corrected chi connectivity index (χ1v) is 12.3. The third kappa shape index (κ3) is 5.82. The third-order valence-corrected chi connectivity index (χ3v) is 6.32. The van der Waals surface area contributed by atoms with Gasteiger partial charge >= 0.3 is 17.9 Å². The predicted molar refractivity (Wildman–Crippen MR) is 136 cm³/mol. The highest BCUT2D eigenvalue weighted by molar-refractivity contribution is 5.91. The summed E-state index contributed by atoms with van der Waals surface area (Å²) in [6, 6.07) is 24.7. The van der Waals surface area contributed by atoms with E-state index in [4.69, 9.17) is 23.8 Å². The summed E-state index contributed by atoms with van der Waals surface area (Å²) in [5, 5.41) is 14.8. The summed E-state index contributed by atoms with van der Waals surface area (Å²) >= 11 is 0. The number of benzene rings is 3. The average molecular weight is 532 g/mol. The molecule has 5 atom stereocenters. The number of carbonyl (C=O) groups excluding carboxylic acids is 3. The van der Waals surface area contributed by atoms with Gasteiger partial charge in [0.1, 0.15) is 12.7 Å². The minimum Gasteiger partial charge on any atom is -0.459 e. The fourth-order valence-corrected chi connectivity index (χ4v) is 4.35. The molecule has 3 aromatic carbocycles. The summed E-state index contributed by atoms with van der Waals surface area (Å²) in [6.07, 6.45) is -3.79. The van der Waals surface area contributed by atoms with Gasteiger partial charge in [-0.3, -0.25) is 0 Å². The van der Waals surface area contributed by atoms with Crippen molar-refractivity contribution in [2.45, 2.75) is 36.6 Å². The fourth-order valence-electron chi connectivity index (χ4n) is 4.35. The molecule has 39 heavy (non-hydrogen) atoms. The first kappa shape index (κ1) is 26.1. The van der Waals surface area contributed by atoms with Crippen molar-refractivity contribution in [3.05, 3.63) is 108 Å². The molecule has 0 aromatic heterocycles. The van der Waals surface area contributed by atoms with E-state index < -0.39 is 48.1 Å². The lowest BCUT2D eigenvalue weighted by molar-refractivity contribution is -0.262. The fraction of sp³-hybridized carbons (Fsp3) is 0.241. The van der Waals surface area contributed by atoms with E-state index in [2.05, 4.69) is 5.16 Å². The number of hydrogen-bond acceptors (Lipinski definition) is 10. The van der Waals surface area contributed by atoms with Crippen LogP contribution >= 0.6 is 0 Å². The molecule has 1 N–H and O–H groups in total. The van der Waals surface area contributed by atoms with Crippen molar-refractivity contribution in [3.63, 3.8) is 0 Å². The van der Waals surface area contributed by atoms with E-state index in [1.807, 2.05) is 0 Å². The van der Waals surface area contributed by atoms with Gasteiger partial charge in [0.25, 0.3) is 5.79 Å². The lowest BCUT2D eigenvalue weighted by Crippen LogP contribution is -2.51. The molecular weight excluding hydrogens is 506 g/mol.